The van der Waals surface area contributed by atoms with E-state index in [0.717, 1.165) is 24.6 Å². The number of hydrogen-bond donors (Lipinski definition) is 5. The van der Waals surface area contributed by atoms with E-state index in [1.807, 2.05) is 20.8 Å². The van der Waals surface area contributed by atoms with Gasteiger partial charge < -0.3 is 30.5 Å². The van der Waals surface area contributed by atoms with Gasteiger partial charge in [-0.05, 0) is 65.4 Å². The summed E-state index contributed by atoms with van der Waals surface area (Å²) in [6.07, 6.45) is 12.9. The highest BCUT2D eigenvalue weighted by Gasteiger charge is 2.20. The predicted octanol–water partition coefficient (Wildman–Crippen LogP) is 3.97. The second-order valence-electron chi connectivity index (χ2n) is 9.20. The molecule has 0 saturated heterocycles. The van der Waals surface area contributed by atoms with Crippen LogP contribution in [0.1, 0.15) is 66.4 Å². The Labute approximate surface area is 206 Å². The summed E-state index contributed by atoms with van der Waals surface area (Å²) in [5.74, 6) is -1.56. The monoisotopic (exact) mass is 481 g/mol. The van der Waals surface area contributed by atoms with Crippen LogP contribution in [-0.2, 0) is 16.1 Å². The Hall–Kier alpha value is -2.21. The number of aliphatic carboxylic acids is 1. The summed E-state index contributed by atoms with van der Waals surface area (Å²) in [7, 11) is 0. The molecule has 0 aliphatic heterocycles. The molecule has 0 heterocycles. The zero-order valence-corrected chi connectivity index (χ0v) is 21.8. The van der Waals surface area contributed by atoms with Crippen molar-refractivity contribution in [2.45, 2.75) is 84.8 Å². The molecule has 2 atom stereocenters. The summed E-state index contributed by atoms with van der Waals surface area (Å²) in [6, 6.07) is 11.4. The standard InChI is InChI=1S/C13H19N.C6H14O2.C3H8O2.C3H4O2.C2H2/c1-11-7-8-13(9-11)14-10-12-5-3-2-4-6-12;1-6(2,3)8-5-4-7;1-3(2,4)5;1-2-3(4)5;1-2/h2-6,11,13-14H,7-10H2,1H3;7H,4-5H2,1-3H3;4-5H,1-2H3;2H,1H2,(H,4,5);1-2H/t11-,13+;;;;/m1..../s1. The van der Waals surface area contributed by atoms with Crippen LogP contribution in [0.25, 0.3) is 0 Å². The number of hydrogen-bond acceptors (Lipinski definition) is 6. The molecule has 1 aromatic carbocycles. The summed E-state index contributed by atoms with van der Waals surface area (Å²) >= 11 is 0. The van der Waals surface area contributed by atoms with Gasteiger partial charge in [0, 0.05) is 18.7 Å². The molecule has 0 spiro atoms. The first-order valence-corrected chi connectivity index (χ1v) is 11.3. The lowest BCUT2D eigenvalue weighted by Gasteiger charge is -2.18. The lowest BCUT2D eigenvalue weighted by molar-refractivity contribution is -0.131. The van der Waals surface area contributed by atoms with Gasteiger partial charge in [0.05, 0.1) is 18.8 Å². The molecule has 1 fully saturated rings. The van der Waals surface area contributed by atoms with E-state index in [0.29, 0.717) is 6.61 Å². The lowest BCUT2D eigenvalue weighted by atomic mass is 10.1. The van der Waals surface area contributed by atoms with Crippen LogP contribution in [0.3, 0.4) is 0 Å². The molecule has 34 heavy (non-hydrogen) atoms. The van der Waals surface area contributed by atoms with Crippen LogP contribution in [-0.4, -0.2) is 57.0 Å². The third-order valence-corrected chi connectivity index (χ3v) is 3.93. The Morgan fingerprint density at radius 1 is 1.15 bits per heavy atom. The fourth-order valence-electron chi connectivity index (χ4n) is 2.60. The van der Waals surface area contributed by atoms with Crippen LogP contribution in [0.2, 0.25) is 0 Å². The highest BCUT2D eigenvalue weighted by Crippen LogP contribution is 2.24. The molecule has 7 heteroatoms. The summed E-state index contributed by atoms with van der Waals surface area (Å²) in [6.45, 7) is 15.4. The van der Waals surface area contributed by atoms with Crippen LogP contribution in [0.5, 0.6) is 0 Å². The normalized spacial score (nSPS) is 16.6. The van der Waals surface area contributed by atoms with Crippen LogP contribution in [0.4, 0.5) is 0 Å². The molecule has 1 saturated carbocycles. The maximum absolute atomic E-state index is 9.25. The molecule has 7 nitrogen and oxygen atoms in total. The van der Waals surface area contributed by atoms with Crippen molar-refractivity contribution < 1.29 is 30.0 Å². The average molecular weight is 482 g/mol. The molecule has 1 aromatic rings. The number of terminal acetylenes is 1. The van der Waals surface area contributed by atoms with Gasteiger partial charge in [-0.3, -0.25) is 0 Å². The van der Waals surface area contributed by atoms with Crippen molar-refractivity contribution in [3.05, 3.63) is 48.6 Å². The molecule has 5 N–H and O–H groups in total. The first-order chi connectivity index (χ1) is 15.7. The average Bonchev–Trinajstić information content (AvgIpc) is 3.17. The summed E-state index contributed by atoms with van der Waals surface area (Å²) in [5.41, 5.74) is 1.29. The Bertz CT molecular complexity index is 626. The minimum absolute atomic E-state index is 0.108. The number of benzene rings is 1. The molecule has 0 bridgehead atoms. The van der Waals surface area contributed by atoms with Gasteiger partial charge in [-0.1, -0.05) is 43.8 Å². The number of carboxylic acid groups (broad SMARTS) is 1. The highest BCUT2D eigenvalue weighted by molar-refractivity contribution is 5.78. The topological polar surface area (TPSA) is 119 Å². The smallest absolute Gasteiger partial charge is 0.327 e. The zero-order chi connectivity index (χ0) is 27.2. The molecule has 196 valence electrons. The highest BCUT2D eigenvalue weighted by atomic mass is 16.5. The first-order valence-electron chi connectivity index (χ1n) is 11.3. The van der Waals surface area contributed by atoms with E-state index >= 15 is 0 Å². The van der Waals surface area contributed by atoms with E-state index < -0.39 is 11.8 Å². The van der Waals surface area contributed by atoms with Crippen LogP contribution in [0, 0.1) is 18.8 Å². The first kappa shape index (κ1) is 36.4. The summed E-state index contributed by atoms with van der Waals surface area (Å²) < 4.78 is 5.13. The number of carbonyl (C=O) groups is 1. The van der Waals surface area contributed by atoms with E-state index in [4.69, 9.17) is 25.2 Å². The van der Waals surface area contributed by atoms with Crippen molar-refractivity contribution in [1.82, 2.24) is 5.32 Å². The molecule has 0 radical (unpaired) electrons. The van der Waals surface area contributed by atoms with E-state index in [9.17, 15) is 4.79 Å². The zero-order valence-electron chi connectivity index (χ0n) is 21.8. The SMILES string of the molecule is C#C.C=CC(=O)O.CC(C)(C)OCCO.CC(C)(O)O.C[C@@H]1CC[C@H](NCc2ccccc2)C1. The van der Waals surface area contributed by atoms with Gasteiger partial charge in [-0.2, -0.15) is 0 Å². The minimum Gasteiger partial charge on any atom is -0.478 e. The van der Waals surface area contributed by atoms with Crippen molar-refractivity contribution in [2.24, 2.45) is 5.92 Å². The molecule has 2 rings (SSSR count). The van der Waals surface area contributed by atoms with Gasteiger partial charge in [0.1, 0.15) is 0 Å². The molecule has 1 aliphatic carbocycles. The second-order valence-corrected chi connectivity index (χ2v) is 9.20. The number of aliphatic hydroxyl groups is 3. The maximum atomic E-state index is 9.25. The van der Waals surface area contributed by atoms with E-state index in [-0.39, 0.29) is 12.2 Å². The van der Waals surface area contributed by atoms with Gasteiger partial charge in [-0.25, -0.2) is 4.79 Å². The number of carboxylic acids is 1. The van der Waals surface area contributed by atoms with E-state index in [1.165, 1.54) is 38.7 Å². The number of ether oxygens (including phenoxy) is 1. The molecule has 0 unspecified atom stereocenters. The van der Waals surface area contributed by atoms with E-state index in [1.54, 1.807) is 0 Å². The quantitative estimate of drug-likeness (QED) is 0.237. The Morgan fingerprint density at radius 2 is 1.62 bits per heavy atom. The van der Waals surface area contributed by atoms with Crippen molar-refractivity contribution >= 4 is 5.97 Å². The van der Waals surface area contributed by atoms with Gasteiger partial charge >= 0.3 is 5.97 Å². The third kappa shape index (κ3) is 34.4. The molecule has 0 amide bonds. The van der Waals surface area contributed by atoms with Crippen molar-refractivity contribution in [2.75, 3.05) is 13.2 Å². The van der Waals surface area contributed by atoms with Crippen molar-refractivity contribution in [3.8, 4) is 12.8 Å². The fraction of sp³-hybridized carbons (Fsp3) is 0.593. The molecular weight excluding hydrogens is 434 g/mol. The fourth-order valence-corrected chi connectivity index (χ4v) is 2.60. The van der Waals surface area contributed by atoms with Crippen molar-refractivity contribution in [1.29, 1.82) is 0 Å². The number of aliphatic hydroxyl groups excluding tert-OH is 1. The van der Waals surface area contributed by atoms with Gasteiger partial charge in [0.2, 0.25) is 0 Å². The van der Waals surface area contributed by atoms with E-state index in [2.05, 4.69) is 62.0 Å². The van der Waals surface area contributed by atoms with Crippen LogP contribution >= 0.6 is 0 Å². The Kier molecular flexibility index (Phi) is 22.8. The number of nitrogens with one attached hydrogen (secondary N) is 1. The summed E-state index contributed by atoms with van der Waals surface area (Å²) in [4.78, 5) is 9.25. The maximum Gasteiger partial charge on any atom is 0.327 e. The Morgan fingerprint density at radius 3 is 1.91 bits per heavy atom. The largest absolute Gasteiger partial charge is 0.478 e. The number of rotatable bonds is 6. The Balaban J connectivity index is -0.000000411. The molecule has 0 aromatic heterocycles. The second kappa shape index (κ2) is 21.3. The third-order valence-electron chi connectivity index (χ3n) is 3.93. The molecular formula is C27H47NO6. The van der Waals surface area contributed by atoms with Gasteiger partial charge in [-0.15, -0.1) is 12.8 Å². The van der Waals surface area contributed by atoms with Crippen LogP contribution in [0.15, 0.2) is 43.0 Å². The summed E-state index contributed by atoms with van der Waals surface area (Å²) in [5, 5.41) is 35.7. The van der Waals surface area contributed by atoms with Gasteiger partial charge in [0.15, 0.2) is 5.79 Å². The lowest BCUT2D eigenvalue weighted by Crippen LogP contribution is -2.25. The van der Waals surface area contributed by atoms with Crippen molar-refractivity contribution in [3.63, 3.8) is 0 Å². The minimum atomic E-state index is -1.50. The predicted molar refractivity (Wildman–Crippen MR) is 139 cm³/mol. The molecule has 1 aliphatic rings. The van der Waals surface area contributed by atoms with Gasteiger partial charge in [0.25, 0.3) is 0 Å². The van der Waals surface area contributed by atoms with Crippen LogP contribution < -0.4 is 5.32 Å².